The lowest BCUT2D eigenvalue weighted by atomic mass is 10.0. The summed E-state index contributed by atoms with van der Waals surface area (Å²) in [5.41, 5.74) is 0.651. The number of carbonyl (C=O) groups is 1. The number of likely N-dealkylation sites (tertiary alicyclic amines) is 1. The first kappa shape index (κ1) is 17.7. The molecule has 138 valence electrons. The first-order valence-electron chi connectivity index (χ1n) is 9.13. The Balaban J connectivity index is 1.47. The van der Waals surface area contributed by atoms with Gasteiger partial charge in [0.2, 0.25) is 0 Å². The van der Waals surface area contributed by atoms with Crippen LogP contribution in [0.25, 0.3) is 10.8 Å². The topological polar surface area (TPSA) is 54.5 Å². The van der Waals surface area contributed by atoms with Gasteiger partial charge < -0.3 is 4.90 Å². The second kappa shape index (κ2) is 7.16. The molecule has 0 radical (unpaired) electrons. The van der Waals surface area contributed by atoms with E-state index in [0.29, 0.717) is 36.4 Å². The maximum absolute atomic E-state index is 12.8. The number of carbonyl (C=O) groups excluding carboxylic acids is 1. The van der Waals surface area contributed by atoms with Crippen molar-refractivity contribution in [1.29, 1.82) is 0 Å². The Morgan fingerprint density at radius 3 is 2.15 bits per heavy atom. The monoisotopic (exact) mass is 379 g/mol. The molecule has 0 bridgehead atoms. The van der Waals surface area contributed by atoms with Gasteiger partial charge in [0, 0.05) is 18.7 Å². The predicted molar refractivity (Wildman–Crippen MR) is 107 cm³/mol. The maximum Gasteiger partial charge on any atom is 0.253 e. The summed E-state index contributed by atoms with van der Waals surface area (Å²) in [6.45, 7) is 0.921. The Labute approximate surface area is 159 Å². The number of hydrogen-bond acceptors (Lipinski definition) is 3. The standard InChI is InChI=1S/C22H21NO3S/c24-22(19-11-10-17-6-4-5-7-18(17)16-19)23-14-12-21(13-15-23)27(25,26)20-8-2-1-3-9-20/h1-11,16,21H,12-15H2. The van der Waals surface area contributed by atoms with Crippen LogP contribution in [0.3, 0.4) is 0 Å². The van der Waals surface area contributed by atoms with Crippen LogP contribution in [0, 0.1) is 0 Å². The molecular weight excluding hydrogens is 358 g/mol. The quantitative estimate of drug-likeness (QED) is 0.693. The minimum atomic E-state index is -3.34. The molecule has 3 aromatic rings. The Bertz CT molecular complexity index is 1070. The van der Waals surface area contributed by atoms with Crippen molar-refractivity contribution in [3.8, 4) is 0 Å². The first-order chi connectivity index (χ1) is 13.1. The number of rotatable bonds is 3. The normalized spacial score (nSPS) is 15.8. The number of piperidine rings is 1. The molecule has 1 aliphatic heterocycles. The van der Waals surface area contributed by atoms with Gasteiger partial charge in [0.25, 0.3) is 5.91 Å². The largest absolute Gasteiger partial charge is 0.339 e. The summed E-state index contributed by atoms with van der Waals surface area (Å²) in [5, 5.41) is 1.70. The molecule has 0 N–H and O–H groups in total. The van der Waals surface area contributed by atoms with Crippen molar-refractivity contribution in [2.24, 2.45) is 0 Å². The molecule has 0 spiro atoms. The van der Waals surface area contributed by atoms with Crippen LogP contribution in [0.4, 0.5) is 0 Å². The highest BCUT2D eigenvalue weighted by atomic mass is 32.2. The summed E-state index contributed by atoms with van der Waals surface area (Å²) in [7, 11) is -3.34. The number of fused-ring (bicyclic) bond motifs is 1. The highest BCUT2D eigenvalue weighted by Crippen LogP contribution is 2.26. The SMILES string of the molecule is O=C(c1ccc2ccccc2c1)N1CCC(S(=O)(=O)c2ccccc2)CC1. The molecule has 0 saturated carbocycles. The van der Waals surface area contributed by atoms with Crippen molar-refractivity contribution < 1.29 is 13.2 Å². The van der Waals surface area contributed by atoms with Gasteiger partial charge in [-0.2, -0.15) is 0 Å². The van der Waals surface area contributed by atoms with E-state index >= 15 is 0 Å². The highest BCUT2D eigenvalue weighted by molar-refractivity contribution is 7.92. The summed E-state index contributed by atoms with van der Waals surface area (Å²) >= 11 is 0. The Morgan fingerprint density at radius 1 is 0.815 bits per heavy atom. The van der Waals surface area contributed by atoms with E-state index in [1.165, 1.54) is 0 Å². The molecule has 0 aromatic heterocycles. The second-order valence-electron chi connectivity index (χ2n) is 6.91. The third kappa shape index (κ3) is 3.47. The average Bonchev–Trinajstić information content (AvgIpc) is 2.73. The highest BCUT2D eigenvalue weighted by Gasteiger charge is 2.32. The van der Waals surface area contributed by atoms with E-state index in [1.807, 2.05) is 48.5 Å². The van der Waals surface area contributed by atoms with E-state index in [9.17, 15) is 13.2 Å². The number of benzene rings is 3. The molecule has 4 nitrogen and oxygen atoms in total. The van der Waals surface area contributed by atoms with Crippen LogP contribution in [0.5, 0.6) is 0 Å². The fraction of sp³-hybridized carbons (Fsp3) is 0.227. The minimum absolute atomic E-state index is 0.0312. The Kier molecular flexibility index (Phi) is 4.70. The van der Waals surface area contributed by atoms with Gasteiger partial charge in [-0.3, -0.25) is 4.79 Å². The lowest BCUT2D eigenvalue weighted by Gasteiger charge is -2.32. The maximum atomic E-state index is 12.8. The first-order valence-corrected chi connectivity index (χ1v) is 10.7. The molecule has 1 fully saturated rings. The molecule has 27 heavy (non-hydrogen) atoms. The number of nitrogens with zero attached hydrogens (tertiary/aromatic N) is 1. The summed E-state index contributed by atoms with van der Waals surface area (Å²) in [4.78, 5) is 15.0. The molecule has 1 saturated heterocycles. The van der Waals surface area contributed by atoms with E-state index < -0.39 is 15.1 Å². The fourth-order valence-electron chi connectivity index (χ4n) is 3.68. The molecule has 0 atom stereocenters. The molecule has 1 heterocycles. The number of hydrogen-bond donors (Lipinski definition) is 0. The van der Waals surface area contributed by atoms with Gasteiger partial charge in [-0.25, -0.2) is 8.42 Å². The molecule has 0 unspecified atom stereocenters. The predicted octanol–water partition coefficient (Wildman–Crippen LogP) is 3.92. The van der Waals surface area contributed by atoms with E-state index in [2.05, 4.69) is 0 Å². The minimum Gasteiger partial charge on any atom is -0.339 e. The number of sulfone groups is 1. The average molecular weight is 379 g/mol. The molecule has 3 aromatic carbocycles. The van der Waals surface area contributed by atoms with Gasteiger partial charge in [0.05, 0.1) is 10.1 Å². The lowest BCUT2D eigenvalue weighted by molar-refractivity contribution is 0.0726. The van der Waals surface area contributed by atoms with Crippen molar-refractivity contribution in [3.63, 3.8) is 0 Å². The summed E-state index contributed by atoms with van der Waals surface area (Å²) < 4.78 is 25.6. The molecule has 0 aliphatic carbocycles. The zero-order chi connectivity index (χ0) is 18.9. The zero-order valence-electron chi connectivity index (χ0n) is 14.9. The van der Waals surface area contributed by atoms with Gasteiger partial charge in [0.15, 0.2) is 9.84 Å². The van der Waals surface area contributed by atoms with E-state index in [0.717, 1.165) is 10.8 Å². The zero-order valence-corrected chi connectivity index (χ0v) is 15.7. The van der Waals surface area contributed by atoms with Crippen LogP contribution in [0.15, 0.2) is 77.7 Å². The third-order valence-electron chi connectivity index (χ3n) is 5.24. The van der Waals surface area contributed by atoms with Crippen LogP contribution in [-0.2, 0) is 9.84 Å². The molecular formula is C22H21NO3S. The fourth-order valence-corrected chi connectivity index (χ4v) is 5.43. The Morgan fingerprint density at radius 2 is 1.44 bits per heavy atom. The summed E-state index contributed by atoms with van der Waals surface area (Å²) in [6.07, 6.45) is 0.938. The van der Waals surface area contributed by atoms with Crippen molar-refractivity contribution in [2.75, 3.05) is 13.1 Å². The van der Waals surface area contributed by atoms with Crippen LogP contribution >= 0.6 is 0 Å². The van der Waals surface area contributed by atoms with Gasteiger partial charge >= 0.3 is 0 Å². The van der Waals surface area contributed by atoms with Crippen molar-refractivity contribution >= 4 is 26.5 Å². The molecule has 1 amide bonds. The van der Waals surface area contributed by atoms with Crippen molar-refractivity contribution in [3.05, 3.63) is 78.4 Å². The van der Waals surface area contributed by atoms with Crippen molar-refractivity contribution in [2.45, 2.75) is 23.0 Å². The van der Waals surface area contributed by atoms with Crippen LogP contribution in [-0.4, -0.2) is 37.6 Å². The molecule has 4 rings (SSSR count). The lowest BCUT2D eigenvalue weighted by Crippen LogP contribution is -2.42. The Hall–Kier alpha value is -2.66. The summed E-state index contributed by atoms with van der Waals surface area (Å²) in [6, 6.07) is 22.2. The number of amides is 1. The smallest absolute Gasteiger partial charge is 0.253 e. The van der Waals surface area contributed by atoms with Gasteiger partial charge in [-0.1, -0.05) is 48.5 Å². The van der Waals surface area contributed by atoms with E-state index in [-0.39, 0.29) is 5.91 Å². The molecule has 5 heteroatoms. The van der Waals surface area contributed by atoms with E-state index in [4.69, 9.17) is 0 Å². The van der Waals surface area contributed by atoms with Crippen LogP contribution < -0.4 is 0 Å². The molecule has 1 aliphatic rings. The van der Waals surface area contributed by atoms with E-state index in [1.54, 1.807) is 29.2 Å². The third-order valence-corrected chi connectivity index (χ3v) is 7.51. The van der Waals surface area contributed by atoms with Crippen LogP contribution in [0.1, 0.15) is 23.2 Å². The van der Waals surface area contributed by atoms with Gasteiger partial charge in [0.1, 0.15) is 0 Å². The van der Waals surface area contributed by atoms with Gasteiger partial charge in [-0.15, -0.1) is 0 Å². The second-order valence-corrected chi connectivity index (χ2v) is 9.14. The van der Waals surface area contributed by atoms with Crippen LogP contribution in [0.2, 0.25) is 0 Å². The van der Waals surface area contributed by atoms with Gasteiger partial charge in [-0.05, 0) is 47.9 Å². The summed E-state index contributed by atoms with van der Waals surface area (Å²) in [5.74, 6) is -0.0312. The van der Waals surface area contributed by atoms with Crippen molar-refractivity contribution in [1.82, 2.24) is 4.90 Å².